The van der Waals surface area contributed by atoms with Gasteiger partial charge in [-0.1, -0.05) is 96.8 Å². The summed E-state index contributed by atoms with van der Waals surface area (Å²) in [6.07, 6.45) is 12.5. The lowest BCUT2D eigenvalue weighted by Crippen LogP contribution is -2.48. The van der Waals surface area contributed by atoms with Gasteiger partial charge >= 0.3 is 23.9 Å². The lowest BCUT2D eigenvalue weighted by Gasteiger charge is -2.29. The fourth-order valence-electron chi connectivity index (χ4n) is 4.41. The summed E-state index contributed by atoms with van der Waals surface area (Å²) in [4.78, 5) is 46.9. The minimum absolute atomic E-state index is 0.205. The summed E-state index contributed by atoms with van der Waals surface area (Å²) in [6, 6.07) is 0. The van der Waals surface area contributed by atoms with Gasteiger partial charge in [0.15, 0.2) is 0 Å². The molecule has 0 spiro atoms. The fraction of sp³-hybridized carbons (Fsp3) is 0.852. The van der Waals surface area contributed by atoms with Gasteiger partial charge in [-0.15, -0.1) is 0 Å². The van der Waals surface area contributed by atoms with Gasteiger partial charge in [-0.3, -0.25) is 14.4 Å². The molecular weight excluding hydrogens is 484 g/mol. The van der Waals surface area contributed by atoms with Gasteiger partial charge in [0.1, 0.15) is 0 Å². The van der Waals surface area contributed by atoms with Gasteiger partial charge in [-0.05, 0) is 12.8 Å². The number of carbonyl (C=O) groups is 4. The van der Waals surface area contributed by atoms with Crippen molar-refractivity contribution in [3.05, 3.63) is 0 Å². The van der Waals surface area contributed by atoms with E-state index in [0.29, 0.717) is 6.42 Å². The molecule has 5 N–H and O–H groups in total. The number of ether oxygens (including phenoxy) is 1. The number of unbranched alkanes of at least 4 members (excludes halogenated alkanes) is 13. The maximum atomic E-state index is 12.8. The Labute approximate surface area is 220 Å². The SMILES string of the molecule is CCCCCCCCCCCCCCCCC(CC(O)CO)C(=O)OC(CC(=O)O)(CC(=O)O)C(=O)O. The van der Waals surface area contributed by atoms with Crippen molar-refractivity contribution in [1.29, 1.82) is 0 Å². The molecule has 0 radical (unpaired) electrons. The molecule has 2 unspecified atom stereocenters. The second-order valence-electron chi connectivity index (χ2n) is 10.0. The second-order valence-corrected chi connectivity index (χ2v) is 10.0. The summed E-state index contributed by atoms with van der Waals surface area (Å²) >= 11 is 0. The molecule has 0 rings (SSSR count). The number of aliphatic carboxylic acids is 3. The number of aliphatic hydroxyl groups excluding tert-OH is 2. The van der Waals surface area contributed by atoms with E-state index >= 15 is 0 Å². The van der Waals surface area contributed by atoms with Crippen molar-refractivity contribution in [3.63, 3.8) is 0 Å². The van der Waals surface area contributed by atoms with Crippen molar-refractivity contribution in [2.75, 3.05) is 6.61 Å². The second kappa shape index (κ2) is 20.8. The Hall–Kier alpha value is -2.20. The summed E-state index contributed by atoms with van der Waals surface area (Å²) in [5.41, 5.74) is -2.76. The summed E-state index contributed by atoms with van der Waals surface area (Å²) in [6.45, 7) is 1.60. The Morgan fingerprint density at radius 1 is 0.703 bits per heavy atom. The van der Waals surface area contributed by atoms with Gasteiger partial charge in [0.2, 0.25) is 5.60 Å². The van der Waals surface area contributed by atoms with Gasteiger partial charge in [-0.25, -0.2) is 4.79 Å². The predicted octanol–water partition coefficient (Wildman–Crippen LogP) is 4.53. The first-order valence-electron chi connectivity index (χ1n) is 13.8. The van der Waals surface area contributed by atoms with Crippen LogP contribution in [0.3, 0.4) is 0 Å². The monoisotopic (exact) mass is 532 g/mol. The first-order valence-corrected chi connectivity index (χ1v) is 13.8. The highest BCUT2D eigenvalue weighted by Crippen LogP contribution is 2.27. The molecule has 0 amide bonds. The molecule has 0 aliphatic carbocycles. The lowest BCUT2D eigenvalue weighted by molar-refractivity contribution is -0.189. The molecule has 0 aromatic carbocycles. The maximum Gasteiger partial charge on any atom is 0.349 e. The van der Waals surface area contributed by atoms with E-state index in [2.05, 4.69) is 6.92 Å². The number of carboxylic acids is 3. The normalized spacial score (nSPS) is 13.2. The smallest absolute Gasteiger partial charge is 0.349 e. The largest absolute Gasteiger partial charge is 0.481 e. The number of hydrogen-bond donors (Lipinski definition) is 5. The summed E-state index contributed by atoms with van der Waals surface area (Å²) in [5.74, 6) is -7.22. The van der Waals surface area contributed by atoms with E-state index in [4.69, 9.17) is 20.1 Å². The van der Waals surface area contributed by atoms with Crippen LogP contribution in [-0.4, -0.2) is 67.7 Å². The minimum atomic E-state index is -2.76. The lowest BCUT2D eigenvalue weighted by atomic mass is 9.92. The third-order valence-electron chi connectivity index (χ3n) is 6.57. The van der Waals surface area contributed by atoms with Gasteiger partial charge in [0, 0.05) is 0 Å². The molecule has 216 valence electrons. The van der Waals surface area contributed by atoms with Crippen molar-refractivity contribution in [3.8, 4) is 0 Å². The fourth-order valence-corrected chi connectivity index (χ4v) is 4.41. The number of esters is 1. The van der Waals surface area contributed by atoms with E-state index in [-0.39, 0.29) is 12.8 Å². The molecule has 2 atom stereocenters. The van der Waals surface area contributed by atoms with Crippen LogP contribution in [-0.2, 0) is 23.9 Å². The van der Waals surface area contributed by atoms with Gasteiger partial charge in [0.25, 0.3) is 0 Å². The van der Waals surface area contributed by atoms with Gasteiger partial charge in [0.05, 0.1) is 31.5 Å². The van der Waals surface area contributed by atoms with E-state index in [9.17, 15) is 29.4 Å². The predicted molar refractivity (Wildman–Crippen MR) is 137 cm³/mol. The van der Waals surface area contributed by atoms with Crippen LogP contribution in [0.15, 0.2) is 0 Å². The molecule has 0 aromatic rings. The van der Waals surface area contributed by atoms with E-state index in [1.807, 2.05) is 0 Å². The molecule has 0 saturated heterocycles. The molecule has 0 aromatic heterocycles. The molecule has 0 aliphatic rings. The number of hydrogen-bond acceptors (Lipinski definition) is 7. The van der Waals surface area contributed by atoms with Crippen molar-refractivity contribution in [1.82, 2.24) is 0 Å². The number of aliphatic hydroxyl groups is 2. The number of carbonyl (C=O) groups excluding carboxylic acids is 1. The van der Waals surface area contributed by atoms with Gasteiger partial charge < -0.3 is 30.3 Å². The zero-order valence-corrected chi connectivity index (χ0v) is 22.4. The van der Waals surface area contributed by atoms with Crippen LogP contribution < -0.4 is 0 Å². The third kappa shape index (κ3) is 17.0. The molecule has 0 fully saturated rings. The van der Waals surface area contributed by atoms with Crippen molar-refractivity contribution >= 4 is 23.9 Å². The molecule has 0 heterocycles. The minimum Gasteiger partial charge on any atom is -0.481 e. The average Bonchev–Trinajstić information content (AvgIpc) is 2.82. The average molecular weight is 533 g/mol. The highest BCUT2D eigenvalue weighted by Gasteiger charge is 2.48. The Morgan fingerprint density at radius 2 is 1.11 bits per heavy atom. The van der Waals surface area contributed by atoms with Crippen LogP contribution in [0.2, 0.25) is 0 Å². The van der Waals surface area contributed by atoms with Crippen LogP contribution in [0, 0.1) is 5.92 Å². The van der Waals surface area contributed by atoms with Crippen LogP contribution in [0.25, 0.3) is 0 Å². The Balaban J connectivity index is 4.59. The maximum absolute atomic E-state index is 12.8. The topological polar surface area (TPSA) is 179 Å². The molecule has 0 saturated carbocycles. The highest BCUT2D eigenvalue weighted by atomic mass is 16.6. The molecule has 10 nitrogen and oxygen atoms in total. The summed E-state index contributed by atoms with van der Waals surface area (Å²) < 4.78 is 5.01. The van der Waals surface area contributed by atoms with Crippen molar-refractivity contribution in [2.45, 2.75) is 134 Å². The molecular formula is C27H48O10. The number of carboxylic acid groups (broad SMARTS) is 3. The molecule has 0 aliphatic heterocycles. The number of rotatable bonds is 25. The van der Waals surface area contributed by atoms with E-state index in [1.54, 1.807) is 0 Å². The van der Waals surface area contributed by atoms with E-state index in [1.165, 1.54) is 57.8 Å². The van der Waals surface area contributed by atoms with Crippen LogP contribution in [0.4, 0.5) is 0 Å². The third-order valence-corrected chi connectivity index (χ3v) is 6.57. The zero-order chi connectivity index (χ0) is 28.1. The first-order chi connectivity index (χ1) is 17.6. The van der Waals surface area contributed by atoms with E-state index < -0.39 is 60.9 Å². The Morgan fingerprint density at radius 3 is 1.46 bits per heavy atom. The quantitative estimate of drug-likeness (QED) is 0.0828. The summed E-state index contributed by atoms with van der Waals surface area (Å²) in [7, 11) is 0. The van der Waals surface area contributed by atoms with Gasteiger partial charge in [-0.2, -0.15) is 0 Å². The van der Waals surface area contributed by atoms with Crippen LogP contribution in [0.1, 0.15) is 122 Å². The van der Waals surface area contributed by atoms with E-state index in [0.717, 1.165) is 25.7 Å². The molecule has 0 bridgehead atoms. The van der Waals surface area contributed by atoms with Crippen LogP contribution in [0.5, 0.6) is 0 Å². The Bertz CT molecular complexity index is 648. The highest BCUT2D eigenvalue weighted by molar-refractivity contribution is 5.91. The first kappa shape index (κ1) is 34.8. The zero-order valence-electron chi connectivity index (χ0n) is 22.4. The summed E-state index contributed by atoms with van der Waals surface area (Å²) in [5, 5.41) is 46.6. The molecule has 10 heteroatoms. The van der Waals surface area contributed by atoms with Crippen molar-refractivity contribution < 1.29 is 49.4 Å². The standard InChI is InChI=1S/C27H48O10/c1-2-3-4-5-6-7-8-9-10-11-12-13-14-15-16-21(17-22(29)20-28)25(34)37-27(26(35)36,18-23(30)31)19-24(32)33/h21-22,28-29H,2-20H2,1H3,(H,30,31)(H,32,33)(H,35,36). The Kier molecular flexibility index (Phi) is 19.6. The van der Waals surface area contributed by atoms with Crippen molar-refractivity contribution in [2.24, 2.45) is 5.92 Å². The molecule has 37 heavy (non-hydrogen) atoms. The van der Waals surface area contributed by atoms with Crippen LogP contribution >= 0.6 is 0 Å².